The first-order chi connectivity index (χ1) is 10.3. The number of aromatic nitrogens is 2. The van der Waals surface area contributed by atoms with Gasteiger partial charge in [-0.25, -0.2) is 4.79 Å². The zero-order valence-electron chi connectivity index (χ0n) is 11.2. The Morgan fingerprint density at radius 2 is 1.95 bits per heavy atom. The molecule has 1 unspecified atom stereocenters. The van der Waals surface area contributed by atoms with Crippen LogP contribution in [0, 0.1) is 0 Å². The topological polar surface area (TPSA) is 52.1 Å². The molecule has 0 fully saturated rings. The van der Waals surface area contributed by atoms with Gasteiger partial charge in [0.15, 0.2) is 6.10 Å². The first-order valence-corrected chi connectivity index (χ1v) is 6.82. The number of nitrogens with zero attached hydrogens (tertiary/aromatic N) is 2. The monoisotopic (exact) mass is 276 g/mol. The van der Waals surface area contributed by atoms with Crippen LogP contribution in [0.1, 0.15) is 27.8 Å². The van der Waals surface area contributed by atoms with Gasteiger partial charge in [0.25, 0.3) is 0 Å². The molecule has 0 amide bonds. The summed E-state index contributed by atoms with van der Waals surface area (Å²) < 4.78 is 5.41. The number of para-hydroxylation sites is 1. The summed E-state index contributed by atoms with van der Waals surface area (Å²) in [5, 5.41) is 1.10. The smallest absolute Gasteiger partial charge is 0.340 e. The van der Waals surface area contributed by atoms with Gasteiger partial charge in [-0.1, -0.05) is 24.3 Å². The zero-order valence-corrected chi connectivity index (χ0v) is 11.2. The standard InChI is InChI=1S/C17H12N2O2/c20-17-13-5-3-9-18-16(13)15(21-17)10-12-8-7-11-4-1-2-6-14(11)19-12/h1-9,15H,10H2. The number of cyclic esters (lactones) is 1. The lowest BCUT2D eigenvalue weighted by Gasteiger charge is -2.09. The highest BCUT2D eigenvalue weighted by Crippen LogP contribution is 2.31. The predicted molar refractivity (Wildman–Crippen MR) is 77.8 cm³/mol. The Balaban J connectivity index is 1.68. The molecule has 102 valence electrons. The Kier molecular flexibility index (Phi) is 2.67. The minimum Gasteiger partial charge on any atom is -0.452 e. The fourth-order valence-electron chi connectivity index (χ4n) is 2.65. The number of rotatable bonds is 2. The normalized spacial score (nSPS) is 16.8. The maximum Gasteiger partial charge on any atom is 0.340 e. The van der Waals surface area contributed by atoms with E-state index in [0.29, 0.717) is 17.7 Å². The lowest BCUT2D eigenvalue weighted by atomic mass is 10.1. The van der Waals surface area contributed by atoms with Crippen molar-refractivity contribution in [1.82, 2.24) is 9.97 Å². The summed E-state index contributed by atoms with van der Waals surface area (Å²) in [6, 6.07) is 15.5. The highest BCUT2D eigenvalue weighted by atomic mass is 16.5. The molecule has 3 aromatic rings. The van der Waals surface area contributed by atoms with E-state index in [-0.39, 0.29) is 12.1 Å². The van der Waals surface area contributed by atoms with Crippen LogP contribution in [-0.4, -0.2) is 15.9 Å². The van der Waals surface area contributed by atoms with Crippen molar-refractivity contribution in [3.8, 4) is 0 Å². The average Bonchev–Trinajstić information content (AvgIpc) is 2.84. The van der Waals surface area contributed by atoms with Crippen LogP contribution in [0.5, 0.6) is 0 Å². The number of carbonyl (C=O) groups is 1. The van der Waals surface area contributed by atoms with Crippen LogP contribution in [-0.2, 0) is 11.2 Å². The van der Waals surface area contributed by atoms with Gasteiger partial charge >= 0.3 is 5.97 Å². The van der Waals surface area contributed by atoms with E-state index in [1.165, 1.54) is 0 Å². The van der Waals surface area contributed by atoms with Crippen molar-refractivity contribution < 1.29 is 9.53 Å². The van der Waals surface area contributed by atoms with Crippen LogP contribution in [0.2, 0.25) is 0 Å². The Hall–Kier alpha value is -2.75. The molecule has 2 aromatic heterocycles. The molecule has 4 nitrogen and oxygen atoms in total. The van der Waals surface area contributed by atoms with Crippen LogP contribution >= 0.6 is 0 Å². The van der Waals surface area contributed by atoms with Crippen LogP contribution in [0.25, 0.3) is 10.9 Å². The average molecular weight is 276 g/mol. The van der Waals surface area contributed by atoms with Gasteiger partial charge in [0, 0.05) is 23.7 Å². The van der Waals surface area contributed by atoms with Gasteiger partial charge in [-0.05, 0) is 24.3 Å². The molecule has 4 rings (SSSR count). The fourth-order valence-corrected chi connectivity index (χ4v) is 2.65. The van der Waals surface area contributed by atoms with Crippen molar-refractivity contribution in [2.45, 2.75) is 12.5 Å². The van der Waals surface area contributed by atoms with Crippen molar-refractivity contribution in [1.29, 1.82) is 0 Å². The van der Waals surface area contributed by atoms with E-state index in [1.54, 1.807) is 18.3 Å². The number of hydrogen-bond donors (Lipinski definition) is 0. The molecule has 0 N–H and O–H groups in total. The van der Waals surface area contributed by atoms with Gasteiger partial charge < -0.3 is 4.74 Å². The third-order valence-corrected chi connectivity index (χ3v) is 3.66. The molecule has 1 aromatic carbocycles. The molecule has 4 heteroatoms. The minimum absolute atomic E-state index is 0.302. The van der Waals surface area contributed by atoms with Gasteiger partial charge in [0.2, 0.25) is 0 Å². The summed E-state index contributed by atoms with van der Waals surface area (Å²) in [6.07, 6.45) is 1.88. The van der Waals surface area contributed by atoms with E-state index in [2.05, 4.69) is 9.97 Å². The molecule has 1 atom stereocenters. The van der Waals surface area contributed by atoms with Crippen molar-refractivity contribution in [3.05, 3.63) is 71.7 Å². The third kappa shape index (κ3) is 2.05. The van der Waals surface area contributed by atoms with E-state index in [9.17, 15) is 4.79 Å². The van der Waals surface area contributed by atoms with E-state index in [0.717, 1.165) is 16.6 Å². The van der Waals surface area contributed by atoms with Crippen LogP contribution < -0.4 is 0 Å². The molecule has 3 heterocycles. The second kappa shape index (κ2) is 4.66. The first-order valence-electron chi connectivity index (χ1n) is 6.82. The molecule has 1 aliphatic rings. The number of carbonyl (C=O) groups excluding carboxylic acids is 1. The second-order valence-corrected chi connectivity index (χ2v) is 5.03. The van der Waals surface area contributed by atoms with E-state index in [4.69, 9.17) is 4.74 Å². The van der Waals surface area contributed by atoms with Gasteiger partial charge in [-0.3, -0.25) is 9.97 Å². The Labute approximate surface area is 121 Å². The zero-order chi connectivity index (χ0) is 14.2. The number of benzene rings is 1. The van der Waals surface area contributed by atoms with E-state index in [1.807, 2.05) is 36.4 Å². The SMILES string of the molecule is O=C1OC(Cc2ccc3ccccc3n2)c2ncccc21. The molecule has 0 bridgehead atoms. The van der Waals surface area contributed by atoms with Gasteiger partial charge in [0.1, 0.15) is 0 Å². The summed E-state index contributed by atoms with van der Waals surface area (Å²) in [4.78, 5) is 20.7. The summed E-state index contributed by atoms with van der Waals surface area (Å²) >= 11 is 0. The molecule has 0 saturated heterocycles. The number of hydrogen-bond acceptors (Lipinski definition) is 4. The van der Waals surface area contributed by atoms with E-state index < -0.39 is 0 Å². The largest absolute Gasteiger partial charge is 0.452 e. The molecule has 0 aliphatic carbocycles. The molecule has 1 aliphatic heterocycles. The summed E-state index contributed by atoms with van der Waals surface area (Å²) in [5.41, 5.74) is 3.10. The summed E-state index contributed by atoms with van der Waals surface area (Å²) in [7, 11) is 0. The quantitative estimate of drug-likeness (QED) is 0.675. The summed E-state index contributed by atoms with van der Waals surface area (Å²) in [6.45, 7) is 0. The highest BCUT2D eigenvalue weighted by molar-refractivity contribution is 5.93. The first kappa shape index (κ1) is 12.0. The molecule has 0 spiro atoms. The molecule has 0 radical (unpaired) electrons. The predicted octanol–water partition coefficient (Wildman–Crippen LogP) is 3.08. The van der Waals surface area contributed by atoms with Crippen LogP contribution in [0.4, 0.5) is 0 Å². The Morgan fingerprint density at radius 3 is 2.90 bits per heavy atom. The van der Waals surface area contributed by atoms with Crippen LogP contribution in [0.3, 0.4) is 0 Å². The number of fused-ring (bicyclic) bond motifs is 2. The fraction of sp³-hybridized carbons (Fsp3) is 0.118. The lowest BCUT2D eigenvalue weighted by Crippen LogP contribution is -2.05. The number of ether oxygens (including phenoxy) is 1. The van der Waals surface area contributed by atoms with Crippen molar-refractivity contribution in [3.63, 3.8) is 0 Å². The van der Waals surface area contributed by atoms with E-state index >= 15 is 0 Å². The van der Waals surface area contributed by atoms with Crippen molar-refractivity contribution in [2.75, 3.05) is 0 Å². The molecular weight excluding hydrogens is 264 g/mol. The number of esters is 1. The van der Waals surface area contributed by atoms with Gasteiger partial charge in [-0.15, -0.1) is 0 Å². The number of pyridine rings is 2. The third-order valence-electron chi connectivity index (χ3n) is 3.66. The Bertz CT molecular complexity index is 845. The molecular formula is C17H12N2O2. The molecule has 0 saturated carbocycles. The van der Waals surface area contributed by atoms with Crippen molar-refractivity contribution >= 4 is 16.9 Å². The Morgan fingerprint density at radius 1 is 1.05 bits per heavy atom. The summed E-state index contributed by atoms with van der Waals surface area (Å²) in [5.74, 6) is -0.302. The van der Waals surface area contributed by atoms with Crippen molar-refractivity contribution in [2.24, 2.45) is 0 Å². The highest BCUT2D eigenvalue weighted by Gasteiger charge is 2.32. The lowest BCUT2D eigenvalue weighted by molar-refractivity contribution is 0.0380. The molecule has 21 heavy (non-hydrogen) atoms. The maximum atomic E-state index is 11.8. The van der Waals surface area contributed by atoms with Gasteiger partial charge in [0.05, 0.1) is 16.8 Å². The second-order valence-electron chi connectivity index (χ2n) is 5.03. The van der Waals surface area contributed by atoms with Gasteiger partial charge in [-0.2, -0.15) is 0 Å². The maximum absolute atomic E-state index is 11.8. The minimum atomic E-state index is -0.345. The van der Waals surface area contributed by atoms with Crippen LogP contribution in [0.15, 0.2) is 54.7 Å².